The van der Waals surface area contributed by atoms with Crippen LogP contribution in [-0.2, 0) is 4.79 Å². The van der Waals surface area contributed by atoms with Gasteiger partial charge in [-0.3, -0.25) is 9.59 Å². The Bertz CT molecular complexity index is 1440. The molecule has 2 aromatic heterocycles. The van der Waals surface area contributed by atoms with E-state index in [1.54, 1.807) is 4.90 Å². The van der Waals surface area contributed by atoms with Crippen molar-refractivity contribution in [3.63, 3.8) is 0 Å². The molecule has 1 N–H and O–H groups in total. The van der Waals surface area contributed by atoms with Gasteiger partial charge in [0.1, 0.15) is 23.2 Å². The van der Waals surface area contributed by atoms with Crippen LogP contribution in [0.4, 0.5) is 16.0 Å². The van der Waals surface area contributed by atoms with E-state index in [0.29, 0.717) is 31.3 Å². The van der Waals surface area contributed by atoms with E-state index in [1.165, 1.54) is 18.2 Å². The molecule has 5 heterocycles. The number of likely N-dealkylation sites (N-methyl/N-ethyl adjacent to an activating group) is 2. The summed E-state index contributed by atoms with van der Waals surface area (Å²) in [6, 6.07) is 8.00. The Balaban J connectivity index is 1.43. The van der Waals surface area contributed by atoms with Gasteiger partial charge >= 0.3 is 0 Å². The third-order valence-corrected chi connectivity index (χ3v) is 8.13. The Hall–Kier alpha value is -3.93. The van der Waals surface area contributed by atoms with E-state index in [2.05, 4.69) is 29.2 Å². The van der Waals surface area contributed by atoms with E-state index in [9.17, 15) is 14.0 Å². The van der Waals surface area contributed by atoms with Gasteiger partial charge in [-0.25, -0.2) is 9.37 Å². The highest BCUT2D eigenvalue weighted by molar-refractivity contribution is 5.97. The molecule has 11 nitrogen and oxygen atoms in total. The van der Waals surface area contributed by atoms with Gasteiger partial charge in [0.05, 0.1) is 17.3 Å². The van der Waals surface area contributed by atoms with Crippen molar-refractivity contribution in [3.05, 3.63) is 47.4 Å². The molecule has 212 valence electrons. The maximum Gasteiger partial charge on any atom is 0.258 e. The zero-order chi connectivity index (χ0) is 28.0. The minimum absolute atomic E-state index is 0.102. The molecule has 2 amide bonds. The molecule has 3 aliphatic rings. The second-order valence-electron chi connectivity index (χ2n) is 11.0. The van der Waals surface area contributed by atoms with Crippen LogP contribution >= 0.6 is 0 Å². The third kappa shape index (κ3) is 4.91. The SMILES string of the molecule is CN1CCNC(=O)COc2ccc(F)cc2C(=O)N2CCCC[C@H]2c2cc3nc(N4CC(N(C)C)C4)cc1n3n2. The molecule has 1 atom stereocenters. The van der Waals surface area contributed by atoms with Crippen molar-refractivity contribution < 1.29 is 18.7 Å². The zero-order valence-corrected chi connectivity index (χ0v) is 23.1. The van der Waals surface area contributed by atoms with Gasteiger partial charge in [-0.15, -0.1) is 0 Å². The highest BCUT2D eigenvalue weighted by atomic mass is 19.1. The Morgan fingerprint density at radius 1 is 1.10 bits per heavy atom. The first-order chi connectivity index (χ1) is 19.3. The topological polar surface area (TPSA) is 98.5 Å². The summed E-state index contributed by atoms with van der Waals surface area (Å²) >= 11 is 0. The van der Waals surface area contributed by atoms with Crippen molar-refractivity contribution in [2.45, 2.75) is 31.3 Å². The molecule has 2 bridgehead atoms. The number of amides is 2. The number of hydrogen-bond acceptors (Lipinski definition) is 8. The Labute approximate surface area is 232 Å². The van der Waals surface area contributed by atoms with Crippen molar-refractivity contribution in [1.29, 1.82) is 0 Å². The van der Waals surface area contributed by atoms with Crippen LogP contribution in [-0.4, -0.2) is 103 Å². The molecule has 0 radical (unpaired) electrons. The van der Waals surface area contributed by atoms with Crippen LogP contribution in [0, 0.1) is 5.82 Å². The molecule has 3 aromatic rings. The van der Waals surface area contributed by atoms with Crippen LogP contribution in [0.5, 0.6) is 5.75 Å². The number of hydrogen-bond donors (Lipinski definition) is 1. The van der Waals surface area contributed by atoms with Crippen LogP contribution in [0.1, 0.15) is 41.4 Å². The minimum Gasteiger partial charge on any atom is -0.483 e. The molecular formula is C28H35FN8O3. The summed E-state index contributed by atoms with van der Waals surface area (Å²) in [4.78, 5) is 39.7. The summed E-state index contributed by atoms with van der Waals surface area (Å²) in [6.07, 6.45) is 2.51. The van der Waals surface area contributed by atoms with Crippen molar-refractivity contribution in [1.82, 2.24) is 29.7 Å². The number of ether oxygens (including phenoxy) is 1. The fourth-order valence-corrected chi connectivity index (χ4v) is 5.63. The van der Waals surface area contributed by atoms with Crippen molar-refractivity contribution in [3.8, 4) is 5.75 Å². The number of nitrogens with zero attached hydrogens (tertiary/aromatic N) is 7. The predicted octanol–water partition coefficient (Wildman–Crippen LogP) is 1.93. The summed E-state index contributed by atoms with van der Waals surface area (Å²) in [7, 11) is 6.13. The summed E-state index contributed by atoms with van der Waals surface area (Å²) in [5.74, 6) is 0.696. The van der Waals surface area contributed by atoms with Crippen LogP contribution < -0.4 is 19.9 Å². The van der Waals surface area contributed by atoms with Crippen molar-refractivity contribution >= 4 is 29.1 Å². The average molecular weight is 551 g/mol. The lowest BCUT2D eigenvalue weighted by Gasteiger charge is -2.43. The van der Waals surface area contributed by atoms with E-state index in [0.717, 1.165) is 49.7 Å². The molecule has 2 fully saturated rings. The predicted molar refractivity (Wildman–Crippen MR) is 148 cm³/mol. The normalized spacial score (nSPS) is 20.8. The van der Waals surface area contributed by atoms with Gasteiger partial charge in [0.25, 0.3) is 11.8 Å². The molecule has 0 unspecified atom stereocenters. The molecule has 6 rings (SSSR count). The van der Waals surface area contributed by atoms with E-state index in [4.69, 9.17) is 14.8 Å². The fourth-order valence-electron chi connectivity index (χ4n) is 5.63. The molecule has 0 spiro atoms. The monoisotopic (exact) mass is 550 g/mol. The van der Waals surface area contributed by atoms with Crippen molar-refractivity contribution in [2.24, 2.45) is 0 Å². The fraction of sp³-hybridized carbons (Fsp3) is 0.500. The second-order valence-corrected chi connectivity index (χ2v) is 11.0. The average Bonchev–Trinajstić information content (AvgIpc) is 3.34. The first kappa shape index (κ1) is 26.3. The van der Waals surface area contributed by atoms with E-state index < -0.39 is 5.82 Å². The summed E-state index contributed by atoms with van der Waals surface area (Å²) in [5.41, 5.74) is 1.55. The number of nitrogens with one attached hydrogen (secondary N) is 1. The van der Waals surface area contributed by atoms with Crippen LogP contribution in [0.25, 0.3) is 5.65 Å². The van der Waals surface area contributed by atoms with Gasteiger partial charge in [0, 0.05) is 57.9 Å². The molecule has 2 saturated heterocycles. The Morgan fingerprint density at radius 2 is 1.93 bits per heavy atom. The van der Waals surface area contributed by atoms with Gasteiger partial charge in [-0.05, 0) is 51.6 Å². The molecule has 3 aliphatic heterocycles. The molecule has 0 saturated carbocycles. The van der Waals surface area contributed by atoms with Crippen LogP contribution in [0.3, 0.4) is 0 Å². The molecular weight excluding hydrogens is 515 g/mol. The maximum atomic E-state index is 14.3. The van der Waals surface area contributed by atoms with Gasteiger partial charge in [-0.2, -0.15) is 9.61 Å². The smallest absolute Gasteiger partial charge is 0.258 e. The lowest BCUT2D eigenvalue weighted by molar-refractivity contribution is -0.123. The van der Waals surface area contributed by atoms with E-state index in [-0.39, 0.29) is 35.8 Å². The number of fused-ring (bicyclic) bond motifs is 4. The lowest BCUT2D eigenvalue weighted by Crippen LogP contribution is -2.57. The quantitative estimate of drug-likeness (QED) is 0.517. The number of carbonyl (C=O) groups is 2. The number of halogens is 1. The number of benzene rings is 1. The van der Waals surface area contributed by atoms with Gasteiger partial charge in [-0.1, -0.05) is 0 Å². The van der Waals surface area contributed by atoms with Crippen LogP contribution in [0.2, 0.25) is 0 Å². The highest BCUT2D eigenvalue weighted by Gasteiger charge is 2.34. The second kappa shape index (κ2) is 10.6. The zero-order valence-electron chi connectivity index (χ0n) is 23.1. The maximum absolute atomic E-state index is 14.3. The van der Waals surface area contributed by atoms with E-state index >= 15 is 0 Å². The first-order valence-electron chi connectivity index (χ1n) is 13.8. The number of anilines is 2. The van der Waals surface area contributed by atoms with Gasteiger partial charge in [0.2, 0.25) is 0 Å². The standard InChI is InChI=1S/C28H35FN8O3/c1-33(2)19-15-35(16-19)24-14-27-34(3)11-9-30-26(38)17-40-23-8-7-18(29)12-20(23)28(39)36-10-5-4-6-22(36)21-13-25(31-24)37(27)32-21/h7-8,12-14,19,22H,4-6,9-11,15-17H2,1-3H3,(H,30,38)/t22-/m0/s1. The third-order valence-electron chi connectivity index (χ3n) is 8.13. The van der Waals surface area contributed by atoms with Crippen LogP contribution in [0.15, 0.2) is 30.3 Å². The number of rotatable bonds is 2. The Morgan fingerprint density at radius 3 is 2.73 bits per heavy atom. The van der Waals surface area contributed by atoms with Gasteiger partial charge in [0.15, 0.2) is 12.3 Å². The number of aromatic nitrogens is 3. The van der Waals surface area contributed by atoms with E-state index in [1.807, 2.05) is 28.6 Å². The summed E-state index contributed by atoms with van der Waals surface area (Å²) in [6.45, 7) is 2.93. The Kier molecular flexibility index (Phi) is 6.95. The minimum atomic E-state index is -0.539. The molecule has 0 aliphatic carbocycles. The number of carbonyl (C=O) groups excluding carboxylic acids is 2. The largest absolute Gasteiger partial charge is 0.483 e. The molecule has 1 aromatic carbocycles. The summed E-state index contributed by atoms with van der Waals surface area (Å²) < 4.78 is 21.8. The highest BCUT2D eigenvalue weighted by Crippen LogP contribution is 2.35. The lowest BCUT2D eigenvalue weighted by atomic mass is 9.98. The number of piperidine rings is 1. The molecule has 12 heteroatoms. The van der Waals surface area contributed by atoms with Crippen molar-refractivity contribution in [2.75, 3.05) is 70.3 Å². The summed E-state index contributed by atoms with van der Waals surface area (Å²) in [5, 5.41) is 7.84. The molecule has 40 heavy (non-hydrogen) atoms. The first-order valence-corrected chi connectivity index (χ1v) is 13.8. The van der Waals surface area contributed by atoms with Gasteiger partial charge < -0.3 is 29.7 Å².